The van der Waals surface area contributed by atoms with Crippen LogP contribution in [0.25, 0.3) is 5.57 Å². The van der Waals surface area contributed by atoms with Gasteiger partial charge in [-0.2, -0.15) is 8.78 Å². The summed E-state index contributed by atoms with van der Waals surface area (Å²) in [6.07, 6.45) is 5.54. The Balaban J connectivity index is 1.70. The number of carbonyl (C=O) groups excluding carboxylic acids is 1. The highest BCUT2D eigenvalue weighted by atomic mass is 19.3. The first-order valence-electron chi connectivity index (χ1n) is 10.3. The Hall–Kier alpha value is -3.09. The highest BCUT2D eigenvalue weighted by Gasteiger charge is 2.17. The van der Waals surface area contributed by atoms with Crippen molar-refractivity contribution in [3.05, 3.63) is 64.9 Å². The molecule has 0 bridgehead atoms. The summed E-state index contributed by atoms with van der Waals surface area (Å²) < 4.78 is 40.1. The minimum absolute atomic E-state index is 0.0842. The molecule has 2 aromatic rings. The third-order valence-corrected chi connectivity index (χ3v) is 5.34. The number of carbonyl (C=O) groups is 1. The van der Waals surface area contributed by atoms with Crippen molar-refractivity contribution in [2.75, 3.05) is 20.8 Å². The van der Waals surface area contributed by atoms with E-state index in [1.54, 1.807) is 26.4 Å². The Bertz CT molecular complexity index is 943. The Morgan fingerprint density at radius 2 is 1.77 bits per heavy atom. The number of ether oxygens (including phenoxy) is 3. The van der Waals surface area contributed by atoms with Crippen molar-refractivity contribution in [2.24, 2.45) is 0 Å². The van der Waals surface area contributed by atoms with Crippen LogP contribution in [0.5, 0.6) is 11.5 Å². The lowest BCUT2D eigenvalue weighted by Crippen LogP contribution is -2.27. The van der Waals surface area contributed by atoms with Crippen LogP contribution < -0.4 is 14.8 Å². The van der Waals surface area contributed by atoms with Gasteiger partial charge < -0.3 is 19.5 Å². The quantitative estimate of drug-likeness (QED) is 0.469. The number of amides is 1. The van der Waals surface area contributed by atoms with E-state index in [4.69, 9.17) is 9.47 Å². The number of halogens is 2. The van der Waals surface area contributed by atoms with Gasteiger partial charge in [0.05, 0.1) is 19.8 Å². The van der Waals surface area contributed by atoms with Crippen LogP contribution in [0.2, 0.25) is 0 Å². The SMILES string of the molecule is COc1ccc(CCNC(=O)/C(=C\OC(F)F)c2ccc3c(c2)CCCC3)cc1OC. The van der Waals surface area contributed by atoms with Gasteiger partial charge in [-0.1, -0.05) is 24.3 Å². The van der Waals surface area contributed by atoms with Gasteiger partial charge in [-0.25, -0.2) is 0 Å². The highest BCUT2D eigenvalue weighted by Crippen LogP contribution is 2.28. The zero-order chi connectivity index (χ0) is 22.2. The number of nitrogens with one attached hydrogen (secondary N) is 1. The van der Waals surface area contributed by atoms with Crippen molar-refractivity contribution in [3.8, 4) is 11.5 Å². The molecular formula is C24H27F2NO4. The lowest BCUT2D eigenvalue weighted by Gasteiger charge is -2.17. The summed E-state index contributed by atoms with van der Waals surface area (Å²) in [4.78, 5) is 12.8. The summed E-state index contributed by atoms with van der Waals surface area (Å²) >= 11 is 0. The molecular weight excluding hydrogens is 404 g/mol. The summed E-state index contributed by atoms with van der Waals surface area (Å²) in [5.41, 5.74) is 4.01. The van der Waals surface area contributed by atoms with Crippen LogP contribution in [-0.2, 0) is 28.8 Å². The third kappa shape index (κ3) is 5.96. The number of hydrogen-bond acceptors (Lipinski definition) is 4. The number of methoxy groups -OCH3 is 2. The standard InChI is InChI=1S/C24H27F2NO4/c1-29-21-10-7-16(13-22(21)30-2)11-12-27-23(28)20(15-31-24(25)26)19-9-8-17-5-3-4-6-18(17)14-19/h7-10,13-15,24H,3-6,11-12H2,1-2H3,(H,27,28)/b20-15-. The minimum atomic E-state index is -2.99. The van der Waals surface area contributed by atoms with Gasteiger partial charge >= 0.3 is 6.61 Å². The summed E-state index contributed by atoms with van der Waals surface area (Å²) in [6.45, 7) is -2.67. The van der Waals surface area contributed by atoms with E-state index in [1.807, 2.05) is 24.3 Å². The summed E-state index contributed by atoms with van der Waals surface area (Å²) in [5.74, 6) is 0.764. The van der Waals surface area contributed by atoms with E-state index < -0.39 is 12.5 Å². The maximum atomic E-state index is 12.8. The minimum Gasteiger partial charge on any atom is -0.493 e. The molecule has 0 heterocycles. The van der Waals surface area contributed by atoms with Gasteiger partial charge in [0, 0.05) is 6.54 Å². The van der Waals surface area contributed by atoms with E-state index in [-0.39, 0.29) is 5.57 Å². The van der Waals surface area contributed by atoms with E-state index in [2.05, 4.69) is 10.1 Å². The van der Waals surface area contributed by atoms with Crippen molar-refractivity contribution in [1.29, 1.82) is 0 Å². The van der Waals surface area contributed by atoms with Crippen molar-refractivity contribution < 1.29 is 27.8 Å². The van der Waals surface area contributed by atoms with E-state index in [1.165, 1.54) is 5.56 Å². The molecule has 1 amide bonds. The number of rotatable bonds is 9. The van der Waals surface area contributed by atoms with Crippen LogP contribution in [0, 0.1) is 0 Å². The number of fused-ring (bicyclic) bond motifs is 1. The van der Waals surface area contributed by atoms with Crippen LogP contribution in [0.1, 0.15) is 35.1 Å². The molecule has 1 aliphatic carbocycles. The zero-order valence-electron chi connectivity index (χ0n) is 17.8. The van der Waals surface area contributed by atoms with E-state index in [9.17, 15) is 13.6 Å². The molecule has 7 heteroatoms. The summed E-state index contributed by atoms with van der Waals surface area (Å²) in [7, 11) is 3.12. The van der Waals surface area contributed by atoms with Crippen LogP contribution >= 0.6 is 0 Å². The van der Waals surface area contributed by atoms with Gasteiger partial charge in [-0.05, 0) is 66.5 Å². The Kier molecular flexibility index (Phi) is 7.87. The fourth-order valence-corrected chi connectivity index (χ4v) is 3.72. The first-order chi connectivity index (χ1) is 15.0. The third-order valence-electron chi connectivity index (χ3n) is 5.34. The second-order valence-electron chi connectivity index (χ2n) is 7.31. The first-order valence-corrected chi connectivity index (χ1v) is 10.3. The van der Waals surface area contributed by atoms with Crippen molar-refractivity contribution >= 4 is 11.5 Å². The lowest BCUT2D eigenvalue weighted by molar-refractivity contribution is -0.116. The van der Waals surface area contributed by atoms with Crippen LogP contribution in [-0.4, -0.2) is 33.3 Å². The molecule has 0 radical (unpaired) electrons. The first kappa shape index (κ1) is 22.6. The fraction of sp³-hybridized carbons (Fsp3) is 0.375. The Morgan fingerprint density at radius 1 is 1.03 bits per heavy atom. The molecule has 3 rings (SSSR count). The Morgan fingerprint density at radius 3 is 2.48 bits per heavy atom. The lowest BCUT2D eigenvalue weighted by atomic mass is 9.89. The van der Waals surface area contributed by atoms with Crippen LogP contribution in [0.15, 0.2) is 42.7 Å². The smallest absolute Gasteiger partial charge is 0.386 e. The van der Waals surface area contributed by atoms with Crippen LogP contribution in [0.3, 0.4) is 0 Å². The molecule has 0 unspecified atom stereocenters. The number of alkyl halides is 2. The topological polar surface area (TPSA) is 56.8 Å². The molecule has 0 aromatic heterocycles. The summed E-state index contributed by atoms with van der Waals surface area (Å²) in [6, 6.07) is 11.2. The van der Waals surface area contributed by atoms with Gasteiger partial charge in [0.25, 0.3) is 5.91 Å². The van der Waals surface area contributed by atoms with Crippen LogP contribution in [0.4, 0.5) is 8.78 Å². The zero-order valence-corrected chi connectivity index (χ0v) is 17.8. The molecule has 0 atom stereocenters. The number of aryl methyl sites for hydroxylation is 2. The number of benzene rings is 2. The molecule has 0 aliphatic heterocycles. The predicted molar refractivity (Wildman–Crippen MR) is 114 cm³/mol. The largest absolute Gasteiger partial charge is 0.493 e. The normalized spacial score (nSPS) is 13.5. The molecule has 0 saturated carbocycles. The maximum Gasteiger partial charge on any atom is 0.386 e. The van der Waals surface area contributed by atoms with E-state index in [0.717, 1.165) is 43.1 Å². The fourth-order valence-electron chi connectivity index (χ4n) is 3.72. The molecule has 0 spiro atoms. The second-order valence-corrected chi connectivity index (χ2v) is 7.31. The summed E-state index contributed by atoms with van der Waals surface area (Å²) in [5, 5.41) is 2.80. The molecule has 166 valence electrons. The molecule has 31 heavy (non-hydrogen) atoms. The highest BCUT2D eigenvalue weighted by molar-refractivity contribution is 6.19. The Labute approximate surface area is 181 Å². The average molecular weight is 431 g/mol. The van der Waals surface area contributed by atoms with Gasteiger partial charge in [-0.15, -0.1) is 0 Å². The van der Waals surface area contributed by atoms with Crippen molar-refractivity contribution in [1.82, 2.24) is 5.32 Å². The second kappa shape index (κ2) is 10.8. The van der Waals surface area contributed by atoms with Crippen molar-refractivity contribution in [3.63, 3.8) is 0 Å². The van der Waals surface area contributed by atoms with Gasteiger partial charge in [-0.3, -0.25) is 4.79 Å². The van der Waals surface area contributed by atoms with Crippen molar-refractivity contribution in [2.45, 2.75) is 38.7 Å². The molecule has 1 N–H and O–H groups in total. The molecule has 0 saturated heterocycles. The molecule has 1 aliphatic rings. The maximum absolute atomic E-state index is 12.8. The number of hydrogen-bond donors (Lipinski definition) is 1. The molecule has 0 fully saturated rings. The van der Waals surface area contributed by atoms with Gasteiger partial charge in [0.15, 0.2) is 11.5 Å². The van der Waals surface area contributed by atoms with E-state index >= 15 is 0 Å². The molecule has 2 aromatic carbocycles. The van der Waals surface area contributed by atoms with E-state index in [0.29, 0.717) is 30.0 Å². The molecule has 5 nitrogen and oxygen atoms in total. The van der Waals surface area contributed by atoms with Gasteiger partial charge in [0.1, 0.15) is 6.26 Å². The monoisotopic (exact) mass is 431 g/mol. The van der Waals surface area contributed by atoms with Gasteiger partial charge in [0.2, 0.25) is 0 Å². The predicted octanol–water partition coefficient (Wildman–Crippen LogP) is 4.52. The average Bonchev–Trinajstić information content (AvgIpc) is 2.78.